The molecule has 6 rings (SSSR count). The Labute approximate surface area is 222 Å². The van der Waals surface area contributed by atoms with E-state index in [1.165, 1.54) is 5.56 Å². The number of β-amino-alcohol motifs (C(OH)–C–C–N with tert-alkyl or cyclic N) is 1. The highest BCUT2D eigenvalue weighted by Crippen LogP contribution is 2.31. The van der Waals surface area contributed by atoms with E-state index >= 15 is 0 Å². The average molecular weight is 515 g/mol. The summed E-state index contributed by atoms with van der Waals surface area (Å²) in [5, 5.41) is 21.4. The van der Waals surface area contributed by atoms with Gasteiger partial charge in [0, 0.05) is 76.0 Å². The zero-order valence-corrected chi connectivity index (χ0v) is 22.0. The van der Waals surface area contributed by atoms with Crippen LogP contribution in [-0.4, -0.2) is 81.1 Å². The third-order valence-corrected chi connectivity index (χ3v) is 7.79. The summed E-state index contributed by atoms with van der Waals surface area (Å²) in [5.41, 5.74) is 6.17. The van der Waals surface area contributed by atoms with E-state index in [9.17, 15) is 9.90 Å². The monoisotopic (exact) mass is 514 g/mol. The van der Waals surface area contributed by atoms with E-state index in [1.54, 1.807) is 6.92 Å². The lowest BCUT2D eigenvalue weighted by atomic mass is 10.00. The molecule has 4 heterocycles. The molecule has 9 nitrogen and oxygen atoms in total. The lowest BCUT2D eigenvalue weighted by molar-refractivity contribution is -0.129. The summed E-state index contributed by atoms with van der Waals surface area (Å²) in [4.78, 5) is 18.5. The van der Waals surface area contributed by atoms with Crippen molar-refractivity contribution in [2.75, 3.05) is 44.2 Å². The molecule has 2 aromatic heterocycles. The number of aliphatic hydroxyl groups is 1. The Hall–Kier alpha value is -3.69. The standard InChI is InChI=1S/C29H34N6O3/c1-20-7-9-22(10-8-20)28-25-19-34(21(2)36)12-11-26(25)35(30-28)18-23(37)17-32-13-15-33(16-14-32)29-24-5-3-4-6-27(24)38-31-29/h3-10,23,37H,11-19H2,1-2H3. The summed E-state index contributed by atoms with van der Waals surface area (Å²) < 4.78 is 7.46. The second-order valence-corrected chi connectivity index (χ2v) is 10.5. The molecule has 0 saturated carbocycles. The molecule has 1 fully saturated rings. The Balaban J connectivity index is 1.14. The van der Waals surface area contributed by atoms with E-state index in [-0.39, 0.29) is 5.91 Å². The number of hydrogen-bond donors (Lipinski definition) is 1. The Morgan fingerprint density at radius 1 is 1.03 bits per heavy atom. The van der Waals surface area contributed by atoms with E-state index < -0.39 is 6.10 Å². The van der Waals surface area contributed by atoms with Gasteiger partial charge in [0.05, 0.1) is 23.7 Å². The molecule has 1 amide bonds. The molecule has 38 heavy (non-hydrogen) atoms. The van der Waals surface area contributed by atoms with E-state index in [0.717, 1.165) is 71.9 Å². The Kier molecular flexibility index (Phi) is 6.63. The highest BCUT2D eigenvalue weighted by molar-refractivity contribution is 5.88. The van der Waals surface area contributed by atoms with Gasteiger partial charge >= 0.3 is 0 Å². The minimum Gasteiger partial charge on any atom is -0.390 e. The number of carbonyl (C=O) groups excluding carboxylic acids is 1. The molecule has 0 bridgehead atoms. The van der Waals surface area contributed by atoms with Crippen molar-refractivity contribution in [1.82, 2.24) is 24.7 Å². The summed E-state index contributed by atoms with van der Waals surface area (Å²) in [6, 6.07) is 16.3. The number of benzene rings is 2. The number of nitrogens with zero attached hydrogens (tertiary/aromatic N) is 6. The number of hydrogen-bond acceptors (Lipinski definition) is 7. The Bertz CT molecular complexity index is 1430. The number of carbonyl (C=O) groups is 1. The minimum atomic E-state index is -0.546. The van der Waals surface area contributed by atoms with Crippen LogP contribution < -0.4 is 4.90 Å². The molecule has 1 N–H and O–H groups in total. The number of para-hydroxylation sites is 1. The maximum atomic E-state index is 12.1. The average Bonchev–Trinajstić information content (AvgIpc) is 3.51. The summed E-state index contributed by atoms with van der Waals surface area (Å²) in [7, 11) is 0. The molecule has 2 aromatic carbocycles. The number of aryl methyl sites for hydroxylation is 1. The first-order chi connectivity index (χ1) is 18.5. The molecular formula is C29H34N6O3. The first-order valence-electron chi connectivity index (χ1n) is 13.4. The van der Waals surface area contributed by atoms with Crippen molar-refractivity contribution < 1.29 is 14.4 Å². The summed E-state index contributed by atoms with van der Waals surface area (Å²) in [6.07, 6.45) is 0.195. The van der Waals surface area contributed by atoms with Gasteiger partial charge in [0.25, 0.3) is 0 Å². The quantitative estimate of drug-likeness (QED) is 0.423. The lowest BCUT2D eigenvalue weighted by Crippen LogP contribution is -2.49. The Morgan fingerprint density at radius 3 is 2.55 bits per heavy atom. The van der Waals surface area contributed by atoms with Crippen LogP contribution in [0.25, 0.3) is 22.2 Å². The van der Waals surface area contributed by atoms with Gasteiger partial charge in [-0.25, -0.2) is 0 Å². The van der Waals surface area contributed by atoms with Gasteiger partial charge in [-0.2, -0.15) is 5.10 Å². The van der Waals surface area contributed by atoms with E-state index in [1.807, 2.05) is 33.8 Å². The molecule has 2 aliphatic rings. The lowest BCUT2D eigenvalue weighted by Gasteiger charge is -2.35. The molecular weight excluding hydrogens is 480 g/mol. The van der Waals surface area contributed by atoms with Crippen molar-refractivity contribution in [3.05, 3.63) is 65.4 Å². The van der Waals surface area contributed by atoms with Crippen LogP contribution in [0.4, 0.5) is 5.82 Å². The van der Waals surface area contributed by atoms with Gasteiger partial charge in [-0.3, -0.25) is 14.4 Å². The predicted octanol–water partition coefficient (Wildman–Crippen LogP) is 3.09. The Morgan fingerprint density at radius 2 is 1.79 bits per heavy atom. The number of anilines is 1. The predicted molar refractivity (Wildman–Crippen MR) is 146 cm³/mol. The number of amides is 1. The molecule has 9 heteroatoms. The molecule has 0 aliphatic carbocycles. The van der Waals surface area contributed by atoms with E-state index in [2.05, 4.69) is 46.1 Å². The number of piperazine rings is 1. The fourth-order valence-corrected chi connectivity index (χ4v) is 5.65. The van der Waals surface area contributed by atoms with Crippen LogP contribution in [0.3, 0.4) is 0 Å². The van der Waals surface area contributed by atoms with Gasteiger partial charge in [0.2, 0.25) is 5.91 Å². The van der Waals surface area contributed by atoms with Crippen LogP contribution in [-0.2, 0) is 24.3 Å². The molecule has 198 valence electrons. The first-order valence-corrected chi connectivity index (χ1v) is 13.4. The van der Waals surface area contributed by atoms with Gasteiger partial charge in [-0.1, -0.05) is 47.1 Å². The maximum absolute atomic E-state index is 12.1. The van der Waals surface area contributed by atoms with Crippen LogP contribution in [0.1, 0.15) is 23.7 Å². The van der Waals surface area contributed by atoms with E-state index in [0.29, 0.717) is 26.2 Å². The van der Waals surface area contributed by atoms with Crippen molar-refractivity contribution in [3.8, 4) is 11.3 Å². The van der Waals surface area contributed by atoms with Gasteiger partial charge < -0.3 is 19.4 Å². The van der Waals surface area contributed by atoms with Crippen LogP contribution in [0.5, 0.6) is 0 Å². The minimum absolute atomic E-state index is 0.0797. The molecule has 0 spiro atoms. The summed E-state index contributed by atoms with van der Waals surface area (Å²) in [6.45, 7) is 9.30. The zero-order valence-electron chi connectivity index (χ0n) is 22.0. The fourth-order valence-electron chi connectivity index (χ4n) is 5.65. The van der Waals surface area contributed by atoms with Crippen molar-refractivity contribution in [2.24, 2.45) is 0 Å². The van der Waals surface area contributed by atoms with Crippen molar-refractivity contribution in [2.45, 2.75) is 39.5 Å². The SMILES string of the molecule is CC(=O)N1CCc2c(c(-c3ccc(C)cc3)nn2CC(O)CN2CCN(c3noc4ccccc34)CC2)C1. The smallest absolute Gasteiger partial charge is 0.219 e. The normalized spacial score (nSPS) is 17.1. The van der Waals surface area contributed by atoms with Gasteiger partial charge in [-0.05, 0) is 19.1 Å². The molecule has 4 aromatic rings. The van der Waals surface area contributed by atoms with Crippen molar-refractivity contribution >= 4 is 22.7 Å². The number of fused-ring (bicyclic) bond motifs is 2. The molecule has 1 atom stereocenters. The topological polar surface area (TPSA) is 90.9 Å². The summed E-state index contributed by atoms with van der Waals surface area (Å²) in [5.74, 6) is 0.975. The molecule has 0 radical (unpaired) electrons. The van der Waals surface area contributed by atoms with Gasteiger partial charge in [-0.15, -0.1) is 0 Å². The van der Waals surface area contributed by atoms with Crippen molar-refractivity contribution in [1.29, 1.82) is 0 Å². The maximum Gasteiger partial charge on any atom is 0.219 e. The number of aromatic nitrogens is 3. The van der Waals surface area contributed by atoms with Crippen LogP contribution in [0, 0.1) is 6.92 Å². The second kappa shape index (κ2) is 10.2. The molecule has 1 saturated heterocycles. The molecule has 2 aliphatic heterocycles. The third-order valence-electron chi connectivity index (χ3n) is 7.79. The fraction of sp³-hybridized carbons (Fsp3) is 0.414. The molecule has 1 unspecified atom stereocenters. The van der Waals surface area contributed by atoms with Crippen molar-refractivity contribution in [3.63, 3.8) is 0 Å². The van der Waals surface area contributed by atoms with Gasteiger partial charge in [0.1, 0.15) is 0 Å². The van der Waals surface area contributed by atoms with E-state index in [4.69, 9.17) is 9.62 Å². The second-order valence-electron chi connectivity index (χ2n) is 10.5. The van der Waals surface area contributed by atoms with Crippen LogP contribution in [0.2, 0.25) is 0 Å². The third kappa shape index (κ3) is 4.79. The van der Waals surface area contributed by atoms with Crippen LogP contribution >= 0.6 is 0 Å². The summed E-state index contributed by atoms with van der Waals surface area (Å²) >= 11 is 0. The largest absolute Gasteiger partial charge is 0.390 e. The van der Waals surface area contributed by atoms with Gasteiger partial charge in [0.15, 0.2) is 11.4 Å². The zero-order chi connectivity index (χ0) is 26.2. The first kappa shape index (κ1) is 24.6. The number of aliphatic hydroxyl groups excluding tert-OH is 1. The van der Waals surface area contributed by atoms with Crippen LogP contribution in [0.15, 0.2) is 53.1 Å². The number of rotatable bonds is 6. The highest BCUT2D eigenvalue weighted by atomic mass is 16.5. The highest BCUT2D eigenvalue weighted by Gasteiger charge is 2.28.